The Bertz CT molecular complexity index is 1030. The Morgan fingerprint density at radius 3 is 2.48 bits per heavy atom. The lowest BCUT2D eigenvalue weighted by molar-refractivity contribution is -0.118. The number of nitrogens with zero attached hydrogens (tertiary/aromatic N) is 2. The van der Waals surface area contributed by atoms with Crippen molar-refractivity contribution in [3.8, 4) is 0 Å². The second kappa shape index (κ2) is 8.92. The number of benzene rings is 2. The number of carbonyl (C=O) groups excluding carboxylic acids is 2. The summed E-state index contributed by atoms with van der Waals surface area (Å²) in [6.45, 7) is 6.19. The Morgan fingerprint density at radius 2 is 1.83 bits per heavy atom. The van der Waals surface area contributed by atoms with Gasteiger partial charge in [0, 0.05) is 24.3 Å². The third-order valence-corrected chi connectivity index (χ3v) is 4.66. The molecular formula is C22H23ClN4O2. The summed E-state index contributed by atoms with van der Waals surface area (Å²) in [7, 11) is 0. The molecule has 0 spiro atoms. The first kappa shape index (κ1) is 20.6. The molecule has 0 saturated heterocycles. The fraction of sp³-hybridized carbons (Fsp3) is 0.227. The van der Waals surface area contributed by atoms with Gasteiger partial charge < -0.3 is 15.2 Å². The Morgan fingerprint density at radius 1 is 1.10 bits per heavy atom. The molecule has 150 valence electrons. The van der Waals surface area contributed by atoms with Gasteiger partial charge in [-0.25, -0.2) is 4.98 Å². The summed E-state index contributed by atoms with van der Waals surface area (Å²) in [5.41, 5.74) is 3.66. The minimum atomic E-state index is -0.318. The van der Waals surface area contributed by atoms with Crippen LogP contribution in [0.2, 0.25) is 5.02 Å². The zero-order valence-electron chi connectivity index (χ0n) is 16.6. The molecule has 0 radical (unpaired) electrons. The number of hydrogen-bond donors (Lipinski definition) is 2. The van der Waals surface area contributed by atoms with Gasteiger partial charge in [0.1, 0.15) is 5.69 Å². The van der Waals surface area contributed by atoms with Crippen LogP contribution in [0.5, 0.6) is 0 Å². The van der Waals surface area contributed by atoms with E-state index < -0.39 is 0 Å². The van der Waals surface area contributed by atoms with Crippen molar-refractivity contribution in [1.29, 1.82) is 0 Å². The normalized spacial score (nSPS) is 10.8. The van der Waals surface area contributed by atoms with Crippen molar-refractivity contribution >= 4 is 34.8 Å². The summed E-state index contributed by atoms with van der Waals surface area (Å²) in [6.07, 6.45) is 3.30. The molecule has 0 fully saturated rings. The predicted molar refractivity (Wildman–Crippen MR) is 115 cm³/mol. The van der Waals surface area contributed by atoms with Gasteiger partial charge in [-0.15, -0.1) is 0 Å². The number of halogens is 1. The third-order valence-electron chi connectivity index (χ3n) is 4.35. The van der Waals surface area contributed by atoms with E-state index in [1.165, 1.54) is 0 Å². The molecular weight excluding hydrogens is 388 g/mol. The smallest absolute Gasteiger partial charge is 0.275 e. The topological polar surface area (TPSA) is 76.0 Å². The van der Waals surface area contributed by atoms with Crippen LogP contribution in [0.1, 0.15) is 35.5 Å². The van der Waals surface area contributed by atoms with Gasteiger partial charge in [-0.1, -0.05) is 43.6 Å². The average Bonchev–Trinajstić information content (AvgIpc) is 3.14. The lowest BCUT2D eigenvalue weighted by atomic mass is 10.1. The molecule has 3 aromatic rings. The first-order valence-electron chi connectivity index (χ1n) is 9.31. The van der Waals surface area contributed by atoms with E-state index in [2.05, 4.69) is 15.6 Å². The summed E-state index contributed by atoms with van der Waals surface area (Å²) >= 11 is 6.17. The third kappa shape index (κ3) is 5.45. The van der Waals surface area contributed by atoms with E-state index in [9.17, 15) is 9.59 Å². The quantitative estimate of drug-likeness (QED) is 0.616. The van der Waals surface area contributed by atoms with Crippen molar-refractivity contribution in [2.45, 2.75) is 27.3 Å². The van der Waals surface area contributed by atoms with Crippen LogP contribution in [0, 0.1) is 12.8 Å². The van der Waals surface area contributed by atoms with E-state index >= 15 is 0 Å². The van der Waals surface area contributed by atoms with Crippen LogP contribution in [0.4, 0.5) is 11.4 Å². The molecule has 2 aromatic carbocycles. The van der Waals surface area contributed by atoms with Crippen LogP contribution in [0.25, 0.3) is 0 Å². The van der Waals surface area contributed by atoms with E-state index in [1.54, 1.807) is 24.7 Å². The molecule has 1 aromatic heterocycles. The van der Waals surface area contributed by atoms with E-state index in [-0.39, 0.29) is 17.7 Å². The van der Waals surface area contributed by atoms with Crippen molar-refractivity contribution in [3.63, 3.8) is 0 Å². The minimum absolute atomic E-state index is 0.0170. The van der Waals surface area contributed by atoms with Crippen LogP contribution < -0.4 is 10.6 Å². The summed E-state index contributed by atoms with van der Waals surface area (Å²) < 4.78 is 1.83. The second-order valence-corrected chi connectivity index (χ2v) is 7.62. The lowest BCUT2D eigenvalue weighted by Gasteiger charge is -2.09. The molecule has 2 N–H and O–H groups in total. The maximum Gasteiger partial charge on any atom is 0.275 e. The van der Waals surface area contributed by atoms with Crippen LogP contribution in [-0.2, 0) is 11.3 Å². The van der Waals surface area contributed by atoms with Gasteiger partial charge in [0.25, 0.3) is 5.91 Å². The molecule has 2 amide bonds. The van der Waals surface area contributed by atoms with Gasteiger partial charge in [0.2, 0.25) is 5.91 Å². The Balaban J connectivity index is 1.62. The van der Waals surface area contributed by atoms with Gasteiger partial charge in [0.05, 0.1) is 17.0 Å². The molecule has 29 heavy (non-hydrogen) atoms. The first-order chi connectivity index (χ1) is 13.8. The molecule has 0 unspecified atom stereocenters. The van der Waals surface area contributed by atoms with Crippen LogP contribution >= 0.6 is 11.6 Å². The van der Waals surface area contributed by atoms with E-state index in [1.807, 2.05) is 55.7 Å². The summed E-state index contributed by atoms with van der Waals surface area (Å²) in [4.78, 5) is 28.4. The Labute approximate surface area is 174 Å². The molecule has 0 aliphatic carbocycles. The first-order valence-corrected chi connectivity index (χ1v) is 9.68. The number of nitrogens with one attached hydrogen (secondary N) is 2. The van der Waals surface area contributed by atoms with Crippen molar-refractivity contribution in [3.05, 3.63) is 76.8 Å². The van der Waals surface area contributed by atoms with Crippen molar-refractivity contribution < 1.29 is 9.59 Å². The molecule has 0 atom stereocenters. The minimum Gasteiger partial charge on any atom is -0.332 e. The SMILES string of the molecule is Cc1ccc(NC(=O)c2cn(Cc3ccc(NC(=O)C(C)C)cc3)cn2)c(Cl)c1. The number of imidazole rings is 1. The standard InChI is InChI=1S/C22H23ClN4O2/c1-14(2)21(28)25-17-7-5-16(6-8-17)11-27-12-20(24-13-27)22(29)26-19-9-4-15(3)10-18(19)23/h4-10,12-14H,11H2,1-3H3,(H,25,28)(H,26,29). The van der Waals surface area contributed by atoms with Crippen LogP contribution in [-0.4, -0.2) is 21.4 Å². The monoisotopic (exact) mass is 410 g/mol. The maximum atomic E-state index is 12.4. The molecule has 3 rings (SSSR count). The maximum absolute atomic E-state index is 12.4. The fourth-order valence-electron chi connectivity index (χ4n) is 2.66. The molecule has 0 aliphatic rings. The van der Waals surface area contributed by atoms with Gasteiger partial charge in [-0.2, -0.15) is 0 Å². The van der Waals surface area contributed by atoms with Gasteiger partial charge >= 0.3 is 0 Å². The number of rotatable bonds is 6. The second-order valence-electron chi connectivity index (χ2n) is 7.21. The highest BCUT2D eigenvalue weighted by atomic mass is 35.5. The molecule has 6 nitrogen and oxygen atoms in total. The fourth-order valence-corrected chi connectivity index (χ4v) is 2.94. The number of carbonyl (C=O) groups is 2. The molecule has 1 heterocycles. The molecule has 0 saturated carbocycles. The number of hydrogen-bond acceptors (Lipinski definition) is 3. The zero-order valence-corrected chi connectivity index (χ0v) is 17.3. The number of aryl methyl sites for hydroxylation is 1. The van der Waals surface area contributed by atoms with E-state index in [0.717, 1.165) is 16.8 Å². The van der Waals surface area contributed by atoms with Gasteiger partial charge in [-0.05, 0) is 42.3 Å². The molecule has 7 heteroatoms. The van der Waals surface area contributed by atoms with Crippen molar-refractivity contribution in [2.24, 2.45) is 5.92 Å². The number of anilines is 2. The zero-order chi connectivity index (χ0) is 21.0. The van der Waals surface area contributed by atoms with Crippen molar-refractivity contribution in [1.82, 2.24) is 9.55 Å². The molecule has 0 aliphatic heterocycles. The van der Waals surface area contributed by atoms with E-state index in [4.69, 9.17) is 11.6 Å². The summed E-state index contributed by atoms with van der Waals surface area (Å²) in [5.74, 6) is -0.405. The van der Waals surface area contributed by atoms with E-state index in [0.29, 0.717) is 22.9 Å². The lowest BCUT2D eigenvalue weighted by Crippen LogP contribution is -2.17. The highest BCUT2D eigenvalue weighted by Crippen LogP contribution is 2.23. The summed E-state index contributed by atoms with van der Waals surface area (Å²) in [5, 5.41) is 6.13. The highest BCUT2D eigenvalue weighted by Gasteiger charge is 2.12. The molecule has 0 bridgehead atoms. The van der Waals surface area contributed by atoms with Crippen LogP contribution in [0.3, 0.4) is 0 Å². The number of aromatic nitrogens is 2. The Hall–Kier alpha value is -3.12. The Kier molecular flexibility index (Phi) is 6.34. The summed E-state index contributed by atoms with van der Waals surface area (Å²) in [6, 6.07) is 13.0. The average molecular weight is 411 g/mol. The largest absolute Gasteiger partial charge is 0.332 e. The predicted octanol–water partition coefficient (Wildman–Crippen LogP) is 4.74. The van der Waals surface area contributed by atoms with Crippen molar-refractivity contribution in [2.75, 3.05) is 10.6 Å². The number of amides is 2. The van der Waals surface area contributed by atoms with Crippen LogP contribution in [0.15, 0.2) is 55.0 Å². The highest BCUT2D eigenvalue weighted by molar-refractivity contribution is 6.34. The van der Waals surface area contributed by atoms with Gasteiger partial charge in [-0.3, -0.25) is 9.59 Å². The van der Waals surface area contributed by atoms with Gasteiger partial charge in [0.15, 0.2) is 0 Å².